The van der Waals surface area contributed by atoms with Gasteiger partial charge >= 0.3 is 23.9 Å². The number of esters is 4. The Bertz CT molecular complexity index is 3330. The molecule has 0 bridgehead atoms. The van der Waals surface area contributed by atoms with Gasteiger partial charge in [-0.3, -0.25) is 9.13 Å². The summed E-state index contributed by atoms with van der Waals surface area (Å²) in [7, 11) is 0. The predicted octanol–water partition coefficient (Wildman–Crippen LogP) is 15.7. The number of ether oxygens (including phenoxy) is 4. The van der Waals surface area contributed by atoms with Crippen molar-refractivity contribution in [2.45, 2.75) is 27.7 Å². The molecule has 0 atom stereocenters. The maximum Gasteiger partial charge on any atom is 0.338 e. The van der Waals surface area contributed by atoms with Gasteiger partial charge in [0.15, 0.2) is 0 Å². The van der Waals surface area contributed by atoms with E-state index in [1.807, 2.05) is 81.9 Å². The minimum Gasteiger partial charge on any atom is -0.462 e. The van der Waals surface area contributed by atoms with Crippen LogP contribution in [0.1, 0.15) is 69.1 Å². The molecule has 0 unspecified atom stereocenters. The second kappa shape index (κ2) is 23.1. The number of nitrogens with zero attached hydrogens (tertiary/aromatic N) is 4. The summed E-state index contributed by atoms with van der Waals surface area (Å²) in [6, 6.07) is 35.8. The summed E-state index contributed by atoms with van der Waals surface area (Å²) in [5.74, 6) is -1.11. The van der Waals surface area contributed by atoms with Crippen molar-refractivity contribution in [3.05, 3.63) is 170 Å². The van der Waals surface area contributed by atoms with Crippen molar-refractivity contribution in [2.75, 3.05) is 26.4 Å². The van der Waals surface area contributed by atoms with Crippen molar-refractivity contribution < 1.29 is 38.1 Å². The van der Waals surface area contributed by atoms with Crippen molar-refractivity contribution in [3.8, 4) is 68.1 Å². The molecule has 0 saturated heterocycles. The molecule has 12 nitrogen and oxygen atoms in total. The van der Waals surface area contributed by atoms with Gasteiger partial charge in [0, 0.05) is 54.7 Å². The Morgan fingerprint density at radius 1 is 0.417 bits per heavy atom. The van der Waals surface area contributed by atoms with E-state index in [9.17, 15) is 19.2 Å². The van der Waals surface area contributed by atoms with Crippen molar-refractivity contribution in [1.82, 2.24) is 19.1 Å². The van der Waals surface area contributed by atoms with Gasteiger partial charge in [-0.05, 0) is 164 Å². The molecule has 0 saturated carbocycles. The quantitative estimate of drug-likeness (QED) is 0.0719. The number of carbonyl (C=O) groups excluding carboxylic acids is 4. The number of halogens is 6. The van der Waals surface area contributed by atoms with Gasteiger partial charge in [0.2, 0.25) is 5.95 Å². The highest BCUT2D eigenvalue weighted by Gasteiger charge is 2.33. The fourth-order valence-electron chi connectivity index (χ4n) is 7.91. The number of hydrogen-bond donors (Lipinski definition) is 0. The van der Waals surface area contributed by atoms with Crippen LogP contribution in [-0.4, -0.2) is 69.4 Å². The van der Waals surface area contributed by atoms with Crippen LogP contribution in [0.2, 0.25) is 0 Å². The zero-order chi connectivity index (χ0) is 51.4. The SMILES string of the molecule is CCOC(=O)c1ccc(-c2nc(-c3c(Br)cc(Br)cc3Br)n(-c3nc(-c4ccc(C(=O)OCC)cc4)c(-c4ccc(C(=O)OCC)cc4)n3-c3c(Br)cc(Br)cc3Br)c2-c2ccc(C(=O)OCC)cc2)cc1. The van der Waals surface area contributed by atoms with E-state index in [4.69, 9.17) is 28.9 Å². The van der Waals surface area contributed by atoms with E-state index in [-0.39, 0.29) is 26.4 Å². The maximum absolute atomic E-state index is 13.1. The van der Waals surface area contributed by atoms with Crippen LogP contribution in [0.25, 0.3) is 68.1 Å². The number of imidazole rings is 2. The van der Waals surface area contributed by atoms with E-state index in [0.717, 1.165) is 8.95 Å². The molecule has 2 heterocycles. The number of benzene rings is 6. The highest BCUT2D eigenvalue weighted by atomic mass is 79.9. The first-order valence-electron chi connectivity index (χ1n) is 22.3. The van der Waals surface area contributed by atoms with E-state index < -0.39 is 23.9 Å². The van der Waals surface area contributed by atoms with Crippen LogP contribution >= 0.6 is 95.6 Å². The first-order chi connectivity index (χ1) is 34.7. The molecule has 8 rings (SSSR count). The fourth-order valence-corrected chi connectivity index (χ4v) is 13.1. The third-order valence-electron chi connectivity index (χ3n) is 11.1. The molecular formula is C54H40Br6N4O8. The topological polar surface area (TPSA) is 141 Å². The van der Waals surface area contributed by atoms with Crippen LogP contribution in [0, 0.1) is 0 Å². The molecule has 0 aliphatic rings. The third-order valence-corrected chi connectivity index (χ3v) is 14.4. The lowest BCUT2D eigenvalue weighted by atomic mass is 10.0. The lowest BCUT2D eigenvalue weighted by Gasteiger charge is -2.20. The van der Waals surface area contributed by atoms with E-state index in [1.165, 1.54) is 0 Å². The normalized spacial score (nSPS) is 11.1. The zero-order valence-electron chi connectivity index (χ0n) is 38.7. The van der Waals surface area contributed by atoms with E-state index in [2.05, 4.69) is 95.6 Å². The summed E-state index contributed by atoms with van der Waals surface area (Å²) >= 11 is 22.9. The van der Waals surface area contributed by atoms with Crippen LogP contribution in [-0.2, 0) is 18.9 Å². The molecule has 0 amide bonds. The van der Waals surface area contributed by atoms with Gasteiger partial charge in [0.25, 0.3) is 0 Å². The van der Waals surface area contributed by atoms with Crippen molar-refractivity contribution in [3.63, 3.8) is 0 Å². The van der Waals surface area contributed by atoms with Crippen LogP contribution in [0.15, 0.2) is 148 Å². The largest absolute Gasteiger partial charge is 0.462 e. The summed E-state index contributed by atoms with van der Waals surface area (Å²) in [6.45, 7) is 7.83. The van der Waals surface area contributed by atoms with E-state index >= 15 is 0 Å². The maximum atomic E-state index is 13.1. The standard InChI is InChI=1S/C54H40Br6N4O8/c1-5-69-50(65)33-17-9-29(10-18-33)44-47(32-15-23-36(24-16-32)53(68)72-8-4)64(49(61-44)43-39(57)25-37(55)26-40(43)58)54-62-45(30-11-19-34(20-12-30)51(66)70-6-2)46(31-13-21-35(22-14-31)52(67)71-7-3)63(54)48-41(59)27-38(56)28-42(48)60/h9-28H,5-8H2,1-4H3. The van der Waals surface area contributed by atoms with Crippen LogP contribution in [0.3, 0.4) is 0 Å². The average Bonchev–Trinajstić information content (AvgIpc) is 3.93. The summed E-state index contributed by atoms with van der Waals surface area (Å²) in [5, 5.41) is 0. The number of hydrogen-bond acceptors (Lipinski definition) is 10. The second-order valence-electron chi connectivity index (χ2n) is 15.6. The lowest BCUT2D eigenvalue weighted by Crippen LogP contribution is -2.11. The Kier molecular flexibility index (Phi) is 17.0. The molecular weight excluding hydrogens is 1310 g/mol. The van der Waals surface area contributed by atoms with Gasteiger partial charge < -0.3 is 18.9 Å². The van der Waals surface area contributed by atoms with Gasteiger partial charge in [-0.2, -0.15) is 0 Å². The Morgan fingerprint density at radius 2 is 0.722 bits per heavy atom. The zero-order valence-corrected chi connectivity index (χ0v) is 48.2. The van der Waals surface area contributed by atoms with Crippen LogP contribution in [0.4, 0.5) is 0 Å². The van der Waals surface area contributed by atoms with Gasteiger partial charge in [0.1, 0.15) is 5.82 Å². The van der Waals surface area contributed by atoms with Gasteiger partial charge in [-0.1, -0.05) is 80.4 Å². The number of rotatable bonds is 15. The molecule has 366 valence electrons. The van der Waals surface area contributed by atoms with Gasteiger partial charge in [0.05, 0.1) is 77.1 Å². The molecule has 0 aliphatic heterocycles. The molecule has 2 aromatic heterocycles. The fraction of sp³-hybridized carbons (Fsp3) is 0.148. The molecule has 72 heavy (non-hydrogen) atoms. The molecule has 0 radical (unpaired) electrons. The summed E-state index contributed by atoms with van der Waals surface area (Å²) < 4.78 is 29.7. The highest BCUT2D eigenvalue weighted by molar-refractivity contribution is 9.12. The molecule has 18 heteroatoms. The Balaban J connectivity index is 1.57. The molecule has 0 N–H and O–H groups in total. The molecule has 6 aromatic carbocycles. The lowest BCUT2D eigenvalue weighted by molar-refractivity contribution is 0.0517. The van der Waals surface area contributed by atoms with Crippen LogP contribution < -0.4 is 0 Å². The smallest absolute Gasteiger partial charge is 0.338 e. The highest BCUT2D eigenvalue weighted by Crippen LogP contribution is 2.48. The minimum absolute atomic E-state index is 0.200. The summed E-state index contributed by atoms with van der Waals surface area (Å²) in [4.78, 5) is 63.3. The first kappa shape index (κ1) is 52.8. The van der Waals surface area contributed by atoms with Crippen molar-refractivity contribution in [2.24, 2.45) is 0 Å². The van der Waals surface area contributed by atoms with Gasteiger partial charge in [-0.15, -0.1) is 0 Å². The molecule has 0 aliphatic carbocycles. The second-order valence-corrected chi connectivity index (χ2v) is 20.8. The van der Waals surface area contributed by atoms with E-state index in [1.54, 1.807) is 76.2 Å². The van der Waals surface area contributed by atoms with E-state index in [0.29, 0.717) is 108 Å². The summed E-state index contributed by atoms with van der Waals surface area (Å²) in [6.07, 6.45) is 0. The Hall–Kier alpha value is -5.50. The minimum atomic E-state index is -0.478. The van der Waals surface area contributed by atoms with Crippen molar-refractivity contribution in [1.29, 1.82) is 0 Å². The monoisotopic (exact) mass is 1350 g/mol. The van der Waals surface area contributed by atoms with Gasteiger partial charge in [-0.25, -0.2) is 29.1 Å². The Morgan fingerprint density at radius 3 is 1.07 bits per heavy atom. The summed E-state index contributed by atoms with van der Waals surface area (Å²) in [5.41, 5.74) is 7.41. The third kappa shape index (κ3) is 10.9. The number of aromatic nitrogens is 4. The molecule has 0 spiro atoms. The Labute approximate surface area is 465 Å². The molecule has 8 aromatic rings. The average molecular weight is 1350 g/mol. The number of carbonyl (C=O) groups is 4. The van der Waals surface area contributed by atoms with Crippen LogP contribution in [0.5, 0.6) is 0 Å². The predicted molar refractivity (Wildman–Crippen MR) is 298 cm³/mol. The first-order valence-corrected chi connectivity index (χ1v) is 27.1. The van der Waals surface area contributed by atoms with Crippen molar-refractivity contribution >= 4 is 119 Å². The molecule has 0 fully saturated rings.